The molecule has 8 aromatic rings. The molecule has 1 spiro atoms. The van der Waals surface area contributed by atoms with E-state index in [4.69, 9.17) is 15.0 Å². The fourth-order valence-corrected chi connectivity index (χ4v) is 8.63. The molecule has 0 bridgehead atoms. The predicted octanol–water partition coefficient (Wildman–Crippen LogP) is 10.4. The molecule has 2 aromatic heterocycles. The van der Waals surface area contributed by atoms with Crippen LogP contribution in [0.2, 0.25) is 0 Å². The first-order chi connectivity index (χ1) is 22.8. The van der Waals surface area contributed by atoms with Crippen molar-refractivity contribution in [3.8, 4) is 55.3 Å². The van der Waals surface area contributed by atoms with E-state index < -0.39 is 0 Å². The smallest absolute Gasteiger partial charge is 0.159 e. The number of aromatic nitrogens is 3. The van der Waals surface area contributed by atoms with Crippen LogP contribution in [0, 0.1) is 0 Å². The maximum absolute atomic E-state index is 4.89. The molecule has 0 saturated carbocycles. The SMILES string of the molecule is c1ccc2c(c1)-c1ccccc1C21c2ccccc2-c2ccc(-c3ncc(-c4ccc(-c5nc6ccccc6s5)cc4)cn3)cc21. The Labute approximate surface area is 270 Å². The van der Waals surface area contributed by atoms with E-state index in [0.29, 0.717) is 0 Å². The zero-order valence-electron chi connectivity index (χ0n) is 24.7. The van der Waals surface area contributed by atoms with Crippen molar-refractivity contribution >= 4 is 21.6 Å². The molecule has 0 fully saturated rings. The van der Waals surface area contributed by atoms with Gasteiger partial charge in [-0.05, 0) is 68.3 Å². The lowest BCUT2D eigenvalue weighted by Gasteiger charge is -2.30. The van der Waals surface area contributed by atoms with E-state index in [1.807, 2.05) is 18.5 Å². The summed E-state index contributed by atoms with van der Waals surface area (Å²) in [5.74, 6) is 0.725. The summed E-state index contributed by atoms with van der Waals surface area (Å²) in [5, 5.41) is 1.03. The largest absolute Gasteiger partial charge is 0.236 e. The number of rotatable bonds is 3. The van der Waals surface area contributed by atoms with E-state index in [9.17, 15) is 0 Å². The van der Waals surface area contributed by atoms with Crippen LogP contribution in [0.5, 0.6) is 0 Å². The molecular weight excluding hydrogens is 579 g/mol. The highest BCUT2D eigenvalue weighted by atomic mass is 32.1. The van der Waals surface area contributed by atoms with E-state index in [1.165, 1.54) is 49.2 Å². The van der Waals surface area contributed by atoms with Crippen molar-refractivity contribution in [3.63, 3.8) is 0 Å². The molecule has 10 rings (SSSR count). The first-order valence-electron chi connectivity index (χ1n) is 15.5. The molecule has 4 heteroatoms. The van der Waals surface area contributed by atoms with Gasteiger partial charge in [0.2, 0.25) is 0 Å². The monoisotopic (exact) mass is 603 g/mol. The average molecular weight is 604 g/mol. The summed E-state index contributed by atoms with van der Waals surface area (Å²) in [5.41, 5.74) is 15.4. The van der Waals surface area contributed by atoms with Gasteiger partial charge in [0, 0.05) is 29.1 Å². The molecule has 0 radical (unpaired) electrons. The first-order valence-corrected chi connectivity index (χ1v) is 16.3. The molecule has 214 valence electrons. The normalized spacial score (nSPS) is 13.4. The van der Waals surface area contributed by atoms with E-state index in [-0.39, 0.29) is 5.41 Å². The van der Waals surface area contributed by atoms with Crippen LogP contribution in [0.15, 0.2) is 152 Å². The Morgan fingerprint density at radius 2 is 0.957 bits per heavy atom. The van der Waals surface area contributed by atoms with Gasteiger partial charge < -0.3 is 0 Å². The number of hydrogen-bond acceptors (Lipinski definition) is 4. The van der Waals surface area contributed by atoms with Crippen LogP contribution in [0.25, 0.3) is 65.6 Å². The van der Waals surface area contributed by atoms with Gasteiger partial charge in [-0.25, -0.2) is 15.0 Å². The summed E-state index contributed by atoms with van der Waals surface area (Å²) in [7, 11) is 0. The van der Waals surface area contributed by atoms with E-state index >= 15 is 0 Å². The molecule has 0 atom stereocenters. The van der Waals surface area contributed by atoms with Crippen molar-refractivity contribution in [2.75, 3.05) is 0 Å². The minimum Gasteiger partial charge on any atom is -0.236 e. The molecule has 0 unspecified atom stereocenters. The second-order valence-corrected chi connectivity index (χ2v) is 13.0. The van der Waals surface area contributed by atoms with Gasteiger partial charge in [0.15, 0.2) is 5.82 Å². The minimum absolute atomic E-state index is 0.375. The summed E-state index contributed by atoms with van der Waals surface area (Å²) < 4.78 is 1.20. The Morgan fingerprint density at radius 3 is 1.59 bits per heavy atom. The molecule has 2 aliphatic rings. The Morgan fingerprint density at radius 1 is 0.435 bits per heavy atom. The second kappa shape index (κ2) is 9.64. The molecular formula is C42H25N3S. The summed E-state index contributed by atoms with van der Waals surface area (Å²) in [6.07, 6.45) is 3.87. The number of nitrogens with zero attached hydrogens (tertiary/aromatic N) is 3. The van der Waals surface area contributed by atoms with Gasteiger partial charge >= 0.3 is 0 Å². The molecule has 3 nitrogen and oxygen atoms in total. The molecule has 2 heterocycles. The summed E-state index contributed by atoms with van der Waals surface area (Å²) in [6, 6.07) is 50.2. The highest BCUT2D eigenvalue weighted by molar-refractivity contribution is 7.21. The Bertz CT molecular complexity index is 2380. The van der Waals surface area contributed by atoms with Crippen LogP contribution in [0.3, 0.4) is 0 Å². The van der Waals surface area contributed by atoms with Gasteiger partial charge in [0.1, 0.15) is 5.01 Å². The predicted molar refractivity (Wildman–Crippen MR) is 188 cm³/mol. The maximum Gasteiger partial charge on any atom is 0.159 e. The summed E-state index contributed by atoms with van der Waals surface area (Å²) >= 11 is 1.72. The van der Waals surface area contributed by atoms with Crippen molar-refractivity contribution < 1.29 is 0 Å². The number of fused-ring (bicyclic) bond motifs is 11. The van der Waals surface area contributed by atoms with Crippen LogP contribution in [-0.2, 0) is 5.41 Å². The highest BCUT2D eigenvalue weighted by Crippen LogP contribution is 2.62. The number of benzene rings is 6. The first kappa shape index (κ1) is 25.6. The molecule has 6 aromatic carbocycles. The van der Waals surface area contributed by atoms with Gasteiger partial charge in [0.25, 0.3) is 0 Å². The second-order valence-electron chi connectivity index (χ2n) is 12.0. The fraction of sp³-hybridized carbons (Fsp3) is 0.0238. The number of para-hydroxylation sites is 1. The lowest BCUT2D eigenvalue weighted by Crippen LogP contribution is -2.25. The van der Waals surface area contributed by atoms with Gasteiger partial charge in [-0.2, -0.15) is 0 Å². The van der Waals surface area contributed by atoms with E-state index in [1.54, 1.807) is 11.3 Å². The lowest BCUT2D eigenvalue weighted by molar-refractivity contribution is 0.794. The highest BCUT2D eigenvalue weighted by Gasteiger charge is 2.51. The zero-order valence-corrected chi connectivity index (χ0v) is 25.5. The Balaban J connectivity index is 1.05. The van der Waals surface area contributed by atoms with Crippen LogP contribution < -0.4 is 0 Å². The molecule has 0 N–H and O–H groups in total. The minimum atomic E-state index is -0.375. The van der Waals surface area contributed by atoms with Gasteiger partial charge in [-0.1, -0.05) is 121 Å². The quantitative estimate of drug-likeness (QED) is 0.202. The van der Waals surface area contributed by atoms with Crippen molar-refractivity contribution in [3.05, 3.63) is 174 Å². The average Bonchev–Trinajstić information content (AvgIpc) is 3.79. The van der Waals surface area contributed by atoms with Crippen molar-refractivity contribution in [2.45, 2.75) is 5.41 Å². The van der Waals surface area contributed by atoms with Gasteiger partial charge in [-0.3, -0.25) is 0 Å². The Hall–Kier alpha value is -5.71. The molecule has 0 amide bonds. The molecule has 2 aliphatic carbocycles. The third kappa shape index (κ3) is 3.50. The van der Waals surface area contributed by atoms with E-state index in [0.717, 1.165) is 38.6 Å². The summed E-state index contributed by atoms with van der Waals surface area (Å²) in [4.78, 5) is 14.6. The molecule has 0 aliphatic heterocycles. The number of thiazole rings is 1. The van der Waals surface area contributed by atoms with E-state index in [2.05, 4.69) is 133 Å². The maximum atomic E-state index is 4.89. The standard InChI is InChI=1S/C42H25N3S/c1-4-12-34-30(9-1)31-10-2-5-13-35(31)42(34)36-14-6-3-11-32(36)33-22-21-28(23-37(33)42)40-43-24-29(25-44-40)26-17-19-27(20-18-26)41-45-38-15-7-8-16-39(38)46-41/h1-25H. The van der Waals surface area contributed by atoms with Crippen molar-refractivity contribution in [1.82, 2.24) is 15.0 Å². The third-order valence-corrected chi connectivity index (χ3v) is 10.8. The molecule has 46 heavy (non-hydrogen) atoms. The van der Waals surface area contributed by atoms with Crippen LogP contribution >= 0.6 is 11.3 Å². The van der Waals surface area contributed by atoms with Crippen molar-refractivity contribution in [1.29, 1.82) is 0 Å². The van der Waals surface area contributed by atoms with Crippen LogP contribution in [0.1, 0.15) is 22.3 Å². The topological polar surface area (TPSA) is 38.7 Å². The summed E-state index contributed by atoms with van der Waals surface area (Å²) in [6.45, 7) is 0. The van der Waals surface area contributed by atoms with Crippen molar-refractivity contribution in [2.24, 2.45) is 0 Å². The molecule has 0 saturated heterocycles. The van der Waals surface area contributed by atoms with Crippen LogP contribution in [-0.4, -0.2) is 15.0 Å². The van der Waals surface area contributed by atoms with Crippen LogP contribution in [0.4, 0.5) is 0 Å². The van der Waals surface area contributed by atoms with Gasteiger partial charge in [-0.15, -0.1) is 11.3 Å². The zero-order chi connectivity index (χ0) is 30.2. The Kier molecular flexibility index (Phi) is 5.37. The number of hydrogen-bond donors (Lipinski definition) is 0. The fourth-order valence-electron chi connectivity index (χ4n) is 7.66. The third-order valence-electron chi connectivity index (χ3n) is 9.67. The lowest BCUT2D eigenvalue weighted by atomic mass is 9.70. The van der Waals surface area contributed by atoms with Gasteiger partial charge in [0.05, 0.1) is 15.6 Å².